The number of urea groups is 1. The Labute approximate surface area is 170 Å². The van der Waals surface area contributed by atoms with Gasteiger partial charge in [0.25, 0.3) is 0 Å². The summed E-state index contributed by atoms with van der Waals surface area (Å²) >= 11 is 0. The van der Waals surface area contributed by atoms with Gasteiger partial charge in [0.15, 0.2) is 5.82 Å². The first-order valence-corrected chi connectivity index (χ1v) is 9.03. The van der Waals surface area contributed by atoms with E-state index in [2.05, 4.69) is 20.4 Å². The number of carbonyl (C=O) groups excluding carboxylic acids is 2. The summed E-state index contributed by atoms with van der Waals surface area (Å²) in [4.78, 5) is 30.1. The van der Waals surface area contributed by atoms with Crippen LogP contribution in [0.5, 0.6) is 5.75 Å². The maximum Gasteiger partial charge on any atom is 0.573 e. The molecule has 8 nitrogen and oxygen atoms in total. The van der Waals surface area contributed by atoms with Gasteiger partial charge in [-0.2, -0.15) is 0 Å². The molecule has 2 heterocycles. The third-order valence-electron chi connectivity index (χ3n) is 4.17. The van der Waals surface area contributed by atoms with Crippen molar-refractivity contribution in [2.24, 2.45) is 0 Å². The summed E-state index contributed by atoms with van der Waals surface area (Å²) in [6.45, 7) is 2.00. The smallest absolute Gasteiger partial charge is 0.406 e. The fraction of sp³-hybridized carbons (Fsp3) is 0.316. The standard InChI is InChI=1S/C19H19F3N4O4/c1-2-29-11-15(12-5-7-13(8-6-12)30-19(20,21)22)25-18(28)26-10-16(27)24-14-4-3-9-23-17(14)26/h3-9,15H,2,10-11H2,1H3,(H,24,27)(H,25,28). The number of amides is 3. The Morgan fingerprint density at radius 1 is 1.30 bits per heavy atom. The lowest BCUT2D eigenvalue weighted by Crippen LogP contribution is -2.49. The summed E-state index contributed by atoms with van der Waals surface area (Å²) in [6, 6.07) is 7.10. The van der Waals surface area contributed by atoms with Crippen LogP contribution in [0.3, 0.4) is 0 Å². The number of alkyl halides is 3. The van der Waals surface area contributed by atoms with E-state index < -0.39 is 18.4 Å². The number of nitrogens with one attached hydrogen (secondary N) is 2. The molecule has 0 radical (unpaired) electrons. The van der Waals surface area contributed by atoms with Crippen molar-refractivity contribution in [3.63, 3.8) is 0 Å². The highest BCUT2D eigenvalue weighted by Crippen LogP contribution is 2.28. The van der Waals surface area contributed by atoms with Crippen LogP contribution in [-0.2, 0) is 9.53 Å². The molecule has 0 saturated carbocycles. The van der Waals surface area contributed by atoms with Gasteiger partial charge in [0.05, 0.1) is 18.3 Å². The van der Waals surface area contributed by atoms with E-state index in [4.69, 9.17) is 4.74 Å². The molecule has 0 saturated heterocycles. The van der Waals surface area contributed by atoms with Crippen molar-refractivity contribution in [3.8, 4) is 5.75 Å². The van der Waals surface area contributed by atoms with Crippen LogP contribution < -0.4 is 20.3 Å². The molecule has 0 spiro atoms. The molecule has 30 heavy (non-hydrogen) atoms. The molecule has 0 bridgehead atoms. The lowest BCUT2D eigenvalue weighted by atomic mass is 10.1. The number of carbonyl (C=O) groups is 2. The van der Waals surface area contributed by atoms with Crippen molar-refractivity contribution < 1.29 is 32.2 Å². The van der Waals surface area contributed by atoms with Crippen molar-refractivity contribution in [2.75, 3.05) is 30.0 Å². The second-order valence-corrected chi connectivity index (χ2v) is 6.29. The molecule has 1 aliphatic heterocycles. The van der Waals surface area contributed by atoms with Gasteiger partial charge in [0.2, 0.25) is 5.91 Å². The Hall–Kier alpha value is -3.34. The summed E-state index contributed by atoms with van der Waals surface area (Å²) in [5.41, 5.74) is 0.910. The number of aromatic nitrogens is 1. The highest BCUT2D eigenvalue weighted by atomic mass is 19.4. The van der Waals surface area contributed by atoms with Gasteiger partial charge in [-0.25, -0.2) is 9.78 Å². The zero-order valence-corrected chi connectivity index (χ0v) is 15.9. The number of anilines is 2. The predicted molar refractivity (Wildman–Crippen MR) is 101 cm³/mol. The van der Waals surface area contributed by atoms with E-state index in [0.717, 1.165) is 12.1 Å². The van der Waals surface area contributed by atoms with Crippen LogP contribution in [0.1, 0.15) is 18.5 Å². The number of hydrogen-bond donors (Lipinski definition) is 2. The lowest BCUT2D eigenvalue weighted by molar-refractivity contribution is -0.274. The van der Waals surface area contributed by atoms with E-state index in [-0.39, 0.29) is 24.8 Å². The molecule has 1 aromatic carbocycles. The van der Waals surface area contributed by atoms with Gasteiger partial charge in [0, 0.05) is 12.8 Å². The molecule has 1 unspecified atom stereocenters. The lowest BCUT2D eigenvalue weighted by Gasteiger charge is -2.30. The third-order valence-corrected chi connectivity index (χ3v) is 4.17. The van der Waals surface area contributed by atoms with E-state index in [1.807, 2.05) is 0 Å². The van der Waals surface area contributed by atoms with Gasteiger partial charge in [-0.3, -0.25) is 9.69 Å². The Balaban J connectivity index is 1.78. The third kappa shape index (κ3) is 5.38. The van der Waals surface area contributed by atoms with Crippen molar-refractivity contribution in [2.45, 2.75) is 19.3 Å². The molecule has 160 valence electrons. The number of halogens is 3. The molecular formula is C19H19F3N4O4. The van der Waals surface area contributed by atoms with Crippen molar-refractivity contribution in [1.29, 1.82) is 0 Å². The first kappa shape index (κ1) is 21.4. The number of ether oxygens (including phenoxy) is 2. The molecule has 1 aliphatic rings. The predicted octanol–water partition coefficient (Wildman–Crippen LogP) is 3.23. The maximum absolute atomic E-state index is 12.9. The average molecular weight is 424 g/mol. The number of hydrogen-bond acceptors (Lipinski definition) is 5. The van der Waals surface area contributed by atoms with E-state index in [1.54, 1.807) is 19.1 Å². The summed E-state index contributed by atoms with van der Waals surface area (Å²) in [7, 11) is 0. The zero-order chi connectivity index (χ0) is 21.7. The minimum absolute atomic E-state index is 0.0802. The molecule has 3 rings (SSSR count). The normalized spacial score (nSPS) is 14.5. The van der Waals surface area contributed by atoms with Crippen LogP contribution in [0.25, 0.3) is 0 Å². The SMILES string of the molecule is CCOCC(NC(=O)N1CC(=O)Nc2cccnc21)c1ccc(OC(F)(F)F)cc1. The molecule has 2 aromatic rings. The first-order valence-electron chi connectivity index (χ1n) is 9.03. The number of rotatable bonds is 6. The molecule has 0 aliphatic carbocycles. The maximum atomic E-state index is 12.9. The van der Waals surface area contributed by atoms with Crippen LogP contribution in [0.15, 0.2) is 42.6 Å². The summed E-state index contributed by atoms with van der Waals surface area (Å²) < 4.78 is 46.3. The Morgan fingerprint density at radius 3 is 2.70 bits per heavy atom. The molecule has 11 heteroatoms. The minimum atomic E-state index is -4.80. The molecule has 0 fully saturated rings. The average Bonchev–Trinajstić information content (AvgIpc) is 2.69. The highest BCUT2D eigenvalue weighted by Gasteiger charge is 2.32. The van der Waals surface area contributed by atoms with Gasteiger partial charge >= 0.3 is 12.4 Å². The number of nitrogens with zero attached hydrogens (tertiary/aromatic N) is 2. The van der Waals surface area contributed by atoms with Gasteiger partial charge < -0.3 is 20.1 Å². The summed E-state index contributed by atoms with van der Waals surface area (Å²) in [5.74, 6) is -0.460. The Morgan fingerprint density at radius 2 is 2.03 bits per heavy atom. The van der Waals surface area contributed by atoms with Gasteiger partial charge in [-0.05, 0) is 36.8 Å². The van der Waals surface area contributed by atoms with Crippen LogP contribution in [0.2, 0.25) is 0 Å². The monoisotopic (exact) mass is 424 g/mol. The minimum Gasteiger partial charge on any atom is -0.406 e. The molecule has 2 N–H and O–H groups in total. The molecule has 3 amide bonds. The van der Waals surface area contributed by atoms with Crippen molar-refractivity contribution >= 4 is 23.4 Å². The van der Waals surface area contributed by atoms with Crippen molar-refractivity contribution in [1.82, 2.24) is 10.3 Å². The second kappa shape index (κ2) is 8.99. The topological polar surface area (TPSA) is 92.8 Å². The van der Waals surface area contributed by atoms with Crippen LogP contribution in [0.4, 0.5) is 29.5 Å². The molecule has 1 atom stereocenters. The van der Waals surface area contributed by atoms with E-state index in [9.17, 15) is 22.8 Å². The summed E-state index contributed by atoms with van der Waals surface area (Å²) in [6.07, 6.45) is -3.30. The zero-order valence-electron chi connectivity index (χ0n) is 15.9. The molecular weight excluding hydrogens is 405 g/mol. The molecule has 1 aromatic heterocycles. The fourth-order valence-corrected chi connectivity index (χ4v) is 2.87. The largest absolute Gasteiger partial charge is 0.573 e. The highest BCUT2D eigenvalue weighted by molar-refractivity contribution is 6.08. The number of benzene rings is 1. The van der Waals surface area contributed by atoms with Crippen LogP contribution in [-0.4, -0.2) is 43.0 Å². The quantitative estimate of drug-likeness (QED) is 0.743. The fourth-order valence-electron chi connectivity index (χ4n) is 2.87. The van der Waals surface area contributed by atoms with E-state index >= 15 is 0 Å². The van der Waals surface area contributed by atoms with Gasteiger partial charge in [-0.15, -0.1) is 13.2 Å². The number of fused-ring (bicyclic) bond motifs is 1. The van der Waals surface area contributed by atoms with E-state index in [0.29, 0.717) is 23.7 Å². The second-order valence-electron chi connectivity index (χ2n) is 6.29. The Bertz CT molecular complexity index is 905. The van der Waals surface area contributed by atoms with Crippen LogP contribution in [0, 0.1) is 0 Å². The number of pyridine rings is 1. The Kier molecular flexibility index (Phi) is 6.40. The van der Waals surface area contributed by atoms with Gasteiger partial charge in [0.1, 0.15) is 12.3 Å². The van der Waals surface area contributed by atoms with Crippen molar-refractivity contribution in [3.05, 3.63) is 48.2 Å². The summed E-state index contributed by atoms with van der Waals surface area (Å²) in [5, 5.41) is 5.38. The van der Waals surface area contributed by atoms with Crippen LogP contribution >= 0.6 is 0 Å². The first-order chi connectivity index (χ1) is 14.3. The van der Waals surface area contributed by atoms with Gasteiger partial charge in [-0.1, -0.05) is 12.1 Å². The van der Waals surface area contributed by atoms with E-state index in [1.165, 1.54) is 23.2 Å².